The molecule has 116 valence electrons. The van der Waals surface area contributed by atoms with E-state index >= 15 is 0 Å². The first-order chi connectivity index (χ1) is 9.81. The molecule has 0 bridgehead atoms. The van der Waals surface area contributed by atoms with Crippen molar-refractivity contribution >= 4 is 23.5 Å². The molecule has 0 saturated heterocycles. The second kappa shape index (κ2) is 7.98. The Kier molecular flexibility index (Phi) is 6.62. The van der Waals surface area contributed by atoms with E-state index in [4.69, 9.17) is 21.1 Å². The van der Waals surface area contributed by atoms with Gasteiger partial charge < -0.3 is 9.47 Å². The van der Waals surface area contributed by atoms with Crippen molar-refractivity contribution in [2.24, 2.45) is 5.92 Å². The third-order valence-corrected chi connectivity index (χ3v) is 3.22. The Bertz CT molecular complexity index is 496. The number of para-hydroxylation sites is 1. The van der Waals surface area contributed by atoms with Crippen LogP contribution in [0.3, 0.4) is 0 Å². The maximum Gasteiger partial charge on any atom is 0.311 e. The molecule has 1 aromatic rings. The molecule has 21 heavy (non-hydrogen) atoms. The predicted molar refractivity (Wildman–Crippen MR) is 76.7 cm³/mol. The smallest absolute Gasteiger partial charge is 0.311 e. The van der Waals surface area contributed by atoms with Gasteiger partial charge in [-0.15, -0.1) is 0 Å². The lowest BCUT2D eigenvalue weighted by atomic mass is 10.1. The van der Waals surface area contributed by atoms with Crippen molar-refractivity contribution in [3.8, 4) is 5.75 Å². The third kappa shape index (κ3) is 5.71. The van der Waals surface area contributed by atoms with Gasteiger partial charge in [-0.3, -0.25) is 9.59 Å². The molecule has 0 aliphatic carbocycles. The van der Waals surface area contributed by atoms with Crippen LogP contribution in [-0.2, 0) is 14.3 Å². The third-order valence-electron chi connectivity index (χ3n) is 2.92. The van der Waals surface area contributed by atoms with E-state index in [1.165, 1.54) is 12.1 Å². The summed E-state index contributed by atoms with van der Waals surface area (Å²) in [4.78, 5) is 23.1. The monoisotopic (exact) mass is 316 g/mol. The second-order valence-electron chi connectivity index (χ2n) is 4.96. The van der Waals surface area contributed by atoms with Gasteiger partial charge in [0, 0.05) is 0 Å². The van der Waals surface area contributed by atoms with E-state index in [1.807, 2.05) is 13.8 Å². The van der Waals surface area contributed by atoms with Crippen molar-refractivity contribution in [1.82, 2.24) is 0 Å². The number of esters is 2. The Hall–Kier alpha value is -1.62. The molecule has 0 heterocycles. The minimum absolute atomic E-state index is 0.000596. The summed E-state index contributed by atoms with van der Waals surface area (Å²) in [6.07, 6.45) is -0.550. The average molecular weight is 317 g/mol. The van der Waals surface area contributed by atoms with Crippen molar-refractivity contribution < 1.29 is 23.5 Å². The fraction of sp³-hybridized carbons (Fsp3) is 0.467. The maximum atomic E-state index is 13.4. The molecular weight excluding hydrogens is 299 g/mol. The first kappa shape index (κ1) is 17.4. The molecule has 0 amide bonds. The highest BCUT2D eigenvalue weighted by Crippen LogP contribution is 2.27. The number of hydrogen-bond acceptors (Lipinski definition) is 4. The molecule has 0 fully saturated rings. The number of carbonyl (C=O) groups is 2. The van der Waals surface area contributed by atoms with E-state index in [9.17, 15) is 14.0 Å². The predicted octanol–water partition coefficient (Wildman–Crippen LogP) is 3.75. The molecule has 1 rings (SSSR count). The minimum Gasteiger partial charge on any atom is -0.462 e. The van der Waals surface area contributed by atoms with Gasteiger partial charge in [0.2, 0.25) is 0 Å². The summed E-state index contributed by atoms with van der Waals surface area (Å²) in [5, 5.41) is -0.000596. The van der Waals surface area contributed by atoms with Gasteiger partial charge in [-0.05, 0) is 25.0 Å². The normalized spacial score (nSPS) is 12.1. The Labute approximate surface area is 128 Å². The number of ether oxygens (including phenoxy) is 2. The minimum atomic E-state index is -0.740. The first-order valence-corrected chi connectivity index (χ1v) is 7.03. The van der Waals surface area contributed by atoms with E-state index in [2.05, 4.69) is 0 Å². The van der Waals surface area contributed by atoms with Crippen molar-refractivity contribution in [2.75, 3.05) is 0 Å². The second-order valence-corrected chi connectivity index (χ2v) is 5.37. The Morgan fingerprint density at radius 3 is 2.38 bits per heavy atom. The van der Waals surface area contributed by atoms with Gasteiger partial charge in [0.25, 0.3) is 0 Å². The quantitative estimate of drug-likeness (QED) is 0.592. The van der Waals surface area contributed by atoms with Crippen molar-refractivity contribution in [3.63, 3.8) is 0 Å². The molecule has 1 aromatic carbocycles. The number of halogens is 2. The summed E-state index contributed by atoms with van der Waals surface area (Å²) in [5.41, 5.74) is 0. The van der Waals surface area contributed by atoms with Gasteiger partial charge in [-0.2, -0.15) is 0 Å². The number of benzene rings is 1. The molecule has 0 radical (unpaired) electrons. The highest BCUT2D eigenvalue weighted by Gasteiger charge is 2.17. The van der Waals surface area contributed by atoms with Crippen LogP contribution in [-0.4, -0.2) is 18.0 Å². The van der Waals surface area contributed by atoms with E-state index in [1.54, 1.807) is 6.92 Å². The van der Waals surface area contributed by atoms with Crippen LogP contribution >= 0.6 is 11.6 Å². The molecule has 0 N–H and O–H groups in total. The molecule has 1 unspecified atom stereocenters. The molecule has 0 spiro atoms. The first-order valence-electron chi connectivity index (χ1n) is 6.65. The summed E-state index contributed by atoms with van der Waals surface area (Å²) in [6.45, 7) is 5.62. The molecule has 6 heteroatoms. The van der Waals surface area contributed by atoms with Crippen molar-refractivity contribution in [3.05, 3.63) is 29.0 Å². The summed E-state index contributed by atoms with van der Waals surface area (Å²) in [6, 6.07) is 3.94. The molecule has 4 nitrogen and oxygen atoms in total. The maximum absolute atomic E-state index is 13.4. The van der Waals surface area contributed by atoms with Gasteiger partial charge in [-0.1, -0.05) is 31.5 Å². The molecular formula is C15H18ClFO4. The van der Waals surface area contributed by atoms with E-state index in [0.29, 0.717) is 0 Å². The van der Waals surface area contributed by atoms with Crippen LogP contribution in [0.2, 0.25) is 5.02 Å². The van der Waals surface area contributed by atoms with E-state index in [0.717, 1.165) is 6.07 Å². The highest BCUT2D eigenvalue weighted by molar-refractivity contribution is 6.32. The number of carbonyl (C=O) groups excluding carboxylic acids is 2. The summed E-state index contributed by atoms with van der Waals surface area (Å²) in [5.74, 6) is -2.10. The van der Waals surface area contributed by atoms with E-state index in [-0.39, 0.29) is 35.6 Å². The summed E-state index contributed by atoms with van der Waals surface area (Å²) < 4.78 is 23.4. The van der Waals surface area contributed by atoms with Gasteiger partial charge in [0.15, 0.2) is 11.6 Å². The molecule has 0 aliphatic rings. The zero-order valence-electron chi connectivity index (χ0n) is 12.2. The Morgan fingerprint density at radius 2 is 1.81 bits per heavy atom. The van der Waals surface area contributed by atoms with Gasteiger partial charge >= 0.3 is 11.9 Å². The van der Waals surface area contributed by atoms with Gasteiger partial charge in [0.05, 0.1) is 17.9 Å². The van der Waals surface area contributed by atoms with E-state index < -0.39 is 17.8 Å². The average Bonchev–Trinajstić information content (AvgIpc) is 2.40. The lowest BCUT2D eigenvalue weighted by Gasteiger charge is -2.16. The zero-order valence-corrected chi connectivity index (χ0v) is 12.9. The fourth-order valence-corrected chi connectivity index (χ4v) is 1.55. The van der Waals surface area contributed by atoms with Crippen LogP contribution in [0.25, 0.3) is 0 Å². The topological polar surface area (TPSA) is 52.6 Å². The van der Waals surface area contributed by atoms with Crippen LogP contribution in [0.1, 0.15) is 33.6 Å². The molecule has 0 aromatic heterocycles. The largest absolute Gasteiger partial charge is 0.462 e. The zero-order chi connectivity index (χ0) is 16.0. The fourth-order valence-electron chi connectivity index (χ4n) is 1.35. The SMILES string of the molecule is CC(C)C(C)OC(=O)CCC(=O)Oc1c(F)cccc1Cl. The van der Waals surface area contributed by atoms with Crippen LogP contribution in [0.5, 0.6) is 5.75 Å². The van der Waals surface area contributed by atoms with Crippen LogP contribution in [0.4, 0.5) is 4.39 Å². The summed E-state index contributed by atoms with van der Waals surface area (Å²) >= 11 is 5.73. The Balaban J connectivity index is 2.46. The Morgan fingerprint density at radius 1 is 1.19 bits per heavy atom. The highest BCUT2D eigenvalue weighted by atomic mass is 35.5. The van der Waals surface area contributed by atoms with Gasteiger partial charge in [-0.25, -0.2) is 4.39 Å². The van der Waals surface area contributed by atoms with Crippen LogP contribution < -0.4 is 4.74 Å². The van der Waals surface area contributed by atoms with Gasteiger partial charge in [0.1, 0.15) is 6.10 Å². The number of rotatable bonds is 6. The van der Waals surface area contributed by atoms with Crippen molar-refractivity contribution in [2.45, 2.75) is 39.7 Å². The van der Waals surface area contributed by atoms with Crippen molar-refractivity contribution in [1.29, 1.82) is 0 Å². The molecule has 0 aliphatic heterocycles. The molecule has 0 saturated carbocycles. The molecule has 1 atom stereocenters. The standard InChI is InChI=1S/C15H18ClFO4/c1-9(2)10(3)20-13(18)7-8-14(19)21-15-11(16)5-4-6-12(15)17/h4-6,9-10H,7-8H2,1-3H3. The number of hydrogen-bond donors (Lipinski definition) is 0. The van der Waals surface area contributed by atoms with Crippen LogP contribution in [0.15, 0.2) is 18.2 Å². The van der Waals surface area contributed by atoms with Crippen LogP contribution in [0, 0.1) is 11.7 Å². The lowest BCUT2D eigenvalue weighted by molar-refractivity contribution is -0.152. The summed E-state index contributed by atoms with van der Waals surface area (Å²) in [7, 11) is 0. The lowest BCUT2D eigenvalue weighted by Crippen LogP contribution is -2.21.